The van der Waals surface area contributed by atoms with E-state index >= 15 is 0 Å². The number of nitrogens with two attached hydrogens (primary N) is 1. The molecule has 5 N–H and O–H groups in total. The third-order valence-electron chi connectivity index (χ3n) is 6.17. The Bertz CT molecular complexity index is 1310. The van der Waals surface area contributed by atoms with Crippen LogP contribution in [0.4, 0.5) is 5.13 Å². The lowest BCUT2D eigenvalue weighted by Crippen LogP contribution is -2.71. The molecular formula is C23H26N7O5S3+. The van der Waals surface area contributed by atoms with Gasteiger partial charge in [-0.1, -0.05) is 9.83 Å². The summed E-state index contributed by atoms with van der Waals surface area (Å²) in [6.45, 7) is 0.954. The number of hydrogen-bond acceptors (Lipinski definition) is 11. The summed E-state index contributed by atoms with van der Waals surface area (Å²) in [5, 5.41) is 17.6. The molecule has 0 bridgehead atoms. The Hall–Kier alpha value is -3.30. The highest BCUT2D eigenvalue weighted by Gasteiger charge is 2.54. The molecule has 2 fully saturated rings. The molecule has 2 atom stereocenters. The van der Waals surface area contributed by atoms with E-state index in [1.165, 1.54) is 48.4 Å². The average molecular weight is 577 g/mol. The number of rotatable bonds is 11. The molecule has 38 heavy (non-hydrogen) atoms. The van der Waals surface area contributed by atoms with Crippen molar-refractivity contribution in [2.75, 3.05) is 36.3 Å². The van der Waals surface area contributed by atoms with E-state index in [1.807, 2.05) is 29.2 Å². The Morgan fingerprint density at radius 2 is 2.13 bits per heavy atom. The van der Waals surface area contributed by atoms with Gasteiger partial charge in [0.1, 0.15) is 29.9 Å². The number of thioether (sulfide) groups is 2. The number of oxime groups is 1. The standard InChI is InChI=1S/C23H25N7O5S3/c1-35-28-16(15-11-38-23(24)26-15)19(31)27-17-20(32)30-18(22(33)34)13(10-37-21(17)30)9-36-14-4-6-29(7-5-14)25-8-12-2-3-12/h4-7,11-12,17,21,25H,2-3,8-10H2,1H3,(H3-,24,26,27,31,33,34)/p+1/b28-16-/t17-,21-/m1/s1. The average Bonchev–Trinajstić information content (AvgIpc) is 3.65. The van der Waals surface area contributed by atoms with Crippen LogP contribution in [-0.4, -0.2) is 75.1 Å². The lowest BCUT2D eigenvalue weighted by atomic mass is 10.0. The molecule has 0 aromatic carbocycles. The Labute approximate surface area is 230 Å². The maximum atomic E-state index is 13.0. The van der Waals surface area contributed by atoms with Gasteiger partial charge < -0.3 is 21.0 Å². The number of hydrogen-bond donors (Lipinski definition) is 4. The van der Waals surface area contributed by atoms with Crippen LogP contribution in [0.2, 0.25) is 0 Å². The van der Waals surface area contributed by atoms with Crippen molar-refractivity contribution in [1.29, 1.82) is 0 Å². The number of nitrogens with one attached hydrogen (secondary N) is 2. The van der Waals surface area contributed by atoms with Crippen LogP contribution in [0.1, 0.15) is 18.5 Å². The largest absolute Gasteiger partial charge is 0.477 e. The van der Waals surface area contributed by atoms with Gasteiger partial charge >= 0.3 is 5.97 Å². The first-order chi connectivity index (χ1) is 18.4. The highest BCUT2D eigenvalue weighted by Crippen LogP contribution is 2.41. The second kappa shape index (κ2) is 11.2. The zero-order valence-electron chi connectivity index (χ0n) is 20.3. The summed E-state index contributed by atoms with van der Waals surface area (Å²) in [4.78, 5) is 49.1. The lowest BCUT2D eigenvalue weighted by Gasteiger charge is -2.49. The summed E-state index contributed by atoms with van der Waals surface area (Å²) < 4.78 is 1.92. The maximum absolute atomic E-state index is 13.0. The Kier molecular flexibility index (Phi) is 7.76. The smallest absolute Gasteiger partial charge is 0.352 e. The molecular weight excluding hydrogens is 550 g/mol. The van der Waals surface area contributed by atoms with Crippen molar-refractivity contribution in [2.45, 2.75) is 29.2 Å². The first-order valence-electron chi connectivity index (χ1n) is 11.8. The zero-order chi connectivity index (χ0) is 26.8. The third-order valence-corrected chi connectivity index (χ3v) is 9.28. The molecule has 2 aliphatic heterocycles. The van der Waals surface area contributed by atoms with E-state index in [0.717, 1.165) is 28.7 Å². The van der Waals surface area contributed by atoms with Gasteiger partial charge in [0.05, 0.1) is 6.54 Å². The Morgan fingerprint density at radius 1 is 1.37 bits per heavy atom. The minimum absolute atomic E-state index is 0.0214. The molecule has 12 nitrogen and oxygen atoms in total. The number of carboxylic acids is 1. The normalized spacial score (nSPS) is 21.0. The number of amides is 2. The fourth-order valence-electron chi connectivity index (χ4n) is 4.04. The number of carboxylic acid groups (broad SMARTS) is 1. The number of carbonyl (C=O) groups excluding carboxylic acids is 2. The number of fused-ring (bicyclic) bond motifs is 1. The number of nitrogen functional groups attached to an aromatic ring is 1. The maximum Gasteiger partial charge on any atom is 0.352 e. The van der Waals surface area contributed by atoms with Gasteiger partial charge in [0.2, 0.25) is 12.4 Å². The fraction of sp³-hybridized carbons (Fsp3) is 0.391. The van der Waals surface area contributed by atoms with Crippen molar-refractivity contribution in [3.8, 4) is 0 Å². The molecule has 4 heterocycles. The quantitative estimate of drug-likeness (QED) is 0.0991. The predicted octanol–water partition coefficient (Wildman–Crippen LogP) is 0.848. The highest BCUT2D eigenvalue weighted by molar-refractivity contribution is 8.01. The van der Waals surface area contributed by atoms with E-state index in [4.69, 9.17) is 10.6 Å². The molecule has 1 aliphatic carbocycles. The summed E-state index contributed by atoms with van der Waals surface area (Å²) in [6.07, 6.45) is 6.44. The van der Waals surface area contributed by atoms with E-state index in [9.17, 15) is 19.5 Å². The first kappa shape index (κ1) is 26.3. The second-order valence-electron chi connectivity index (χ2n) is 8.85. The number of β-lactam (4-membered cyclic amide) rings is 1. The van der Waals surface area contributed by atoms with E-state index in [0.29, 0.717) is 17.1 Å². The molecule has 3 aliphatic rings. The molecule has 1 saturated carbocycles. The van der Waals surface area contributed by atoms with Crippen LogP contribution in [0, 0.1) is 5.92 Å². The molecule has 0 radical (unpaired) electrons. The van der Waals surface area contributed by atoms with Gasteiger partial charge in [0.15, 0.2) is 10.8 Å². The van der Waals surface area contributed by atoms with Gasteiger partial charge in [-0.3, -0.25) is 14.5 Å². The van der Waals surface area contributed by atoms with Gasteiger partial charge in [-0.25, -0.2) is 9.78 Å². The molecule has 5 rings (SSSR count). The van der Waals surface area contributed by atoms with Crippen molar-refractivity contribution >= 4 is 63.5 Å². The number of aromatic nitrogens is 2. The second-order valence-corrected chi connectivity index (χ2v) is 11.9. The van der Waals surface area contributed by atoms with Crippen molar-refractivity contribution < 1.29 is 29.0 Å². The van der Waals surface area contributed by atoms with Crippen molar-refractivity contribution in [2.24, 2.45) is 11.1 Å². The fourth-order valence-corrected chi connectivity index (χ4v) is 6.95. The van der Waals surface area contributed by atoms with Gasteiger partial charge in [0.25, 0.3) is 11.8 Å². The minimum Gasteiger partial charge on any atom is -0.477 e. The molecule has 2 aromatic rings. The highest BCUT2D eigenvalue weighted by atomic mass is 32.2. The topological polar surface area (TPSA) is 163 Å². The van der Waals surface area contributed by atoms with E-state index in [2.05, 4.69) is 20.9 Å². The third kappa shape index (κ3) is 5.59. The summed E-state index contributed by atoms with van der Waals surface area (Å²) in [7, 11) is 1.29. The summed E-state index contributed by atoms with van der Waals surface area (Å²) >= 11 is 4.06. The zero-order valence-corrected chi connectivity index (χ0v) is 22.8. The van der Waals surface area contributed by atoms with E-state index < -0.39 is 29.2 Å². The molecule has 0 unspecified atom stereocenters. The van der Waals surface area contributed by atoms with E-state index in [1.54, 1.807) is 5.38 Å². The molecule has 200 valence electrons. The summed E-state index contributed by atoms with van der Waals surface area (Å²) in [5.41, 5.74) is 9.75. The van der Waals surface area contributed by atoms with E-state index in [-0.39, 0.29) is 22.2 Å². The summed E-state index contributed by atoms with van der Waals surface area (Å²) in [6, 6.07) is 3.04. The van der Waals surface area contributed by atoms with Crippen LogP contribution in [0.25, 0.3) is 0 Å². The van der Waals surface area contributed by atoms with Crippen molar-refractivity contribution in [3.05, 3.63) is 46.9 Å². The number of anilines is 1. The minimum atomic E-state index is -1.17. The van der Waals surface area contributed by atoms with Crippen LogP contribution in [-0.2, 0) is 19.2 Å². The van der Waals surface area contributed by atoms with Crippen LogP contribution in [0.3, 0.4) is 0 Å². The van der Waals surface area contributed by atoms with Gasteiger partial charge in [-0.05, 0) is 24.3 Å². The molecule has 0 spiro atoms. The summed E-state index contributed by atoms with van der Waals surface area (Å²) in [5.74, 6) is -0.706. The molecule has 15 heteroatoms. The van der Waals surface area contributed by atoms with Crippen molar-refractivity contribution in [1.82, 2.24) is 15.2 Å². The van der Waals surface area contributed by atoms with Gasteiger partial charge in [-0.15, -0.1) is 34.9 Å². The monoisotopic (exact) mass is 576 g/mol. The number of carbonyl (C=O) groups is 3. The van der Waals surface area contributed by atoms with Crippen LogP contribution in [0.5, 0.6) is 0 Å². The van der Waals surface area contributed by atoms with Gasteiger partial charge in [-0.2, -0.15) is 5.43 Å². The first-order valence-corrected chi connectivity index (χ1v) is 14.7. The number of aliphatic carboxylic acids is 1. The predicted molar refractivity (Wildman–Crippen MR) is 144 cm³/mol. The molecule has 2 amide bonds. The Balaban J connectivity index is 1.23. The molecule has 1 saturated heterocycles. The Morgan fingerprint density at radius 3 is 2.76 bits per heavy atom. The van der Waals surface area contributed by atoms with Crippen LogP contribution >= 0.6 is 34.9 Å². The van der Waals surface area contributed by atoms with Crippen LogP contribution < -0.4 is 21.2 Å². The van der Waals surface area contributed by atoms with Crippen molar-refractivity contribution in [3.63, 3.8) is 0 Å². The number of pyridine rings is 1. The SMILES string of the molecule is CO/N=C(\C(=O)N[C@@H]1C(=O)N2C(C(=O)O)=C(CSc3cc[n+](NCC4CC4)cc3)CS[C@H]12)c1csc(N)n1. The van der Waals surface area contributed by atoms with Crippen LogP contribution in [0.15, 0.2) is 51.2 Å². The lowest BCUT2D eigenvalue weighted by molar-refractivity contribution is -0.650. The molecule has 2 aromatic heterocycles. The number of nitrogens with zero attached hydrogens (tertiary/aromatic N) is 4. The number of thiazole rings is 1. The van der Waals surface area contributed by atoms with Gasteiger partial charge in [0, 0.05) is 33.9 Å².